The molecule has 2 aromatic carbocycles. The van der Waals surface area contributed by atoms with Crippen LogP contribution in [0.15, 0.2) is 65.8 Å². The van der Waals surface area contributed by atoms with E-state index < -0.39 is 77.6 Å². The molecule has 7 amide bonds. The molecule has 0 spiro atoms. The molecule has 0 unspecified atom stereocenters. The van der Waals surface area contributed by atoms with Crippen molar-refractivity contribution in [2.45, 2.75) is 115 Å². The number of carbonyl (C=O) groups is 7. The normalized spacial score (nSPS) is 22.3. The molecule has 5 rings (SSSR count). The Morgan fingerprint density at radius 2 is 1.55 bits per heavy atom. The van der Waals surface area contributed by atoms with Crippen molar-refractivity contribution < 1.29 is 33.6 Å². The number of carbonyl (C=O) groups excluding carboxylic acids is 7. The molecular weight excluding hydrogens is 795 g/mol. The Hall–Kier alpha value is -6.46. The fraction of sp³-hybridized carbons (Fsp3) is 0.500. The maximum atomic E-state index is 14.5. The van der Waals surface area contributed by atoms with Crippen LogP contribution >= 0.6 is 0 Å². The maximum absolute atomic E-state index is 14.5. The largest absolute Gasteiger partial charge is 0.370 e. The summed E-state index contributed by atoms with van der Waals surface area (Å²) in [6, 6.07) is 10.3. The average Bonchev–Trinajstić information content (AvgIpc) is 3.89. The Bertz CT molecular complexity index is 2080. The molecule has 0 aliphatic carbocycles. The third-order valence-electron chi connectivity index (χ3n) is 11.0. The van der Waals surface area contributed by atoms with Crippen LogP contribution in [0.2, 0.25) is 0 Å². The Kier molecular flexibility index (Phi) is 16.8. The number of aromatic nitrogens is 1. The zero-order valence-corrected chi connectivity index (χ0v) is 35.7. The lowest BCUT2D eigenvalue weighted by Crippen LogP contribution is -2.60. The summed E-state index contributed by atoms with van der Waals surface area (Å²) in [6.45, 7) is 5.59. The van der Waals surface area contributed by atoms with Gasteiger partial charge >= 0.3 is 0 Å². The van der Waals surface area contributed by atoms with Crippen LogP contribution < -0.4 is 43.4 Å². The fourth-order valence-electron chi connectivity index (χ4n) is 8.00. The summed E-state index contributed by atoms with van der Waals surface area (Å²) in [5, 5.41) is 17.9. The minimum atomic E-state index is -1.16. The Balaban J connectivity index is 1.46. The van der Waals surface area contributed by atoms with Gasteiger partial charge in [-0.3, -0.25) is 38.6 Å². The highest BCUT2D eigenvalue weighted by Gasteiger charge is 2.40. The summed E-state index contributed by atoms with van der Waals surface area (Å²) in [7, 11) is 0. The second-order valence-corrected chi connectivity index (χ2v) is 16.5. The van der Waals surface area contributed by atoms with Gasteiger partial charge in [-0.25, -0.2) is 0 Å². The zero-order chi connectivity index (χ0) is 44.8. The van der Waals surface area contributed by atoms with Gasteiger partial charge in [-0.2, -0.15) is 0 Å². The van der Waals surface area contributed by atoms with Gasteiger partial charge in [0.25, 0.3) is 0 Å². The highest BCUT2D eigenvalue weighted by atomic mass is 16.2. The van der Waals surface area contributed by atoms with E-state index in [1.54, 1.807) is 6.20 Å². The summed E-state index contributed by atoms with van der Waals surface area (Å²) in [4.78, 5) is 106. The molecule has 334 valence electrons. The molecule has 1 aromatic heterocycles. The molecule has 2 saturated heterocycles. The number of amides is 7. The third kappa shape index (κ3) is 13.3. The molecule has 2 fully saturated rings. The molecule has 18 nitrogen and oxygen atoms in total. The van der Waals surface area contributed by atoms with Gasteiger partial charge < -0.3 is 53.3 Å². The predicted octanol–water partition coefficient (Wildman–Crippen LogP) is 0.398. The molecule has 11 N–H and O–H groups in total. The van der Waals surface area contributed by atoms with Gasteiger partial charge in [0.2, 0.25) is 41.4 Å². The summed E-state index contributed by atoms with van der Waals surface area (Å²) in [6.07, 6.45) is 3.82. The van der Waals surface area contributed by atoms with Crippen molar-refractivity contribution in [2.75, 3.05) is 19.6 Å². The number of hydrogen-bond donors (Lipinski definition) is 9. The topological polar surface area (TPSA) is 275 Å². The molecular formula is C44H61N11O7. The van der Waals surface area contributed by atoms with Crippen molar-refractivity contribution in [3.63, 3.8) is 0 Å². The number of para-hydroxylation sites is 1. The number of nitrogens with one attached hydrogen (secondary N) is 7. The van der Waals surface area contributed by atoms with Crippen LogP contribution in [-0.2, 0) is 46.4 Å². The average molecular weight is 856 g/mol. The number of guanidine groups is 1. The van der Waals surface area contributed by atoms with Crippen molar-refractivity contribution in [1.29, 1.82) is 0 Å². The van der Waals surface area contributed by atoms with Gasteiger partial charge in [-0.05, 0) is 68.1 Å². The Morgan fingerprint density at radius 3 is 2.27 bits per heavy atom. The van der Waals surface area contributed by atoms with Crippen molar-refractivity contribution in [2.24, 2.45) is 22.4 Å². The number of H-pyrrole nitrogens is 1. The molecule has 0 saturated carbocycles. The lowest BCUT2D eigenvalue weighted by molar-refractivity contribution is -0.142. The molecule has 0 bridgehead atoms. The van der Waals surface area contributed by atoms with Gasteiger partial charge in [0.05, 0.1) is 0 Å². The first-order valence-corrected chi connectivity index (χ1v) is 21.4. The molecule has 2 aliphatic heterocycles. The molecule has 2 aliphatic rings. The zero-order valence-electron chi connectivity index (χ0n) is 35.7. The minimum Gasteiger partial charge on any atom is -0.370 e. The van der Waals surface area contributed by atoms with E-state index in [2.05, 4.69) is 41.9 Å². The Morgan fingerprint density at radius 1 is 0.855 bits per heavy atom. The molecule has 18 heteroatoms. The standard InChI is InChI=1S/C44H61N11O7/c1-26(2)22-34-39(58)53-36(24-29-25-49-31-15-8-7-14-30(29)31)41(60)51-32(16-9-20-48-44(45)46)38(57)47-19-10-17-33(43(62)55-21-11-18-37(55)42(61)54-34)52-40(59)35(50-27(3)56)23-28-12-5-4-6-13-28/h4-8,12-15,25-26,32-37,49H,9-11,16-24H2,1-3H3,(H,47,57)(H,50,56)(H,51,60)(H,52,59)(H,53,58)(H,54,61)(H4,45,46,48)/t32-,33-,34+,35-,36-,37-/m0/s1. The van der Waals surface area contributed by atoms with Gasteiger partial charge in [0.15, 0.2) is 5.96 Å². The minimum absolute atomic E-state index is 0.0588. The summed E-state index contributed by atoms with van der Waals surface area (Å²) >= 11 is 0. The predicted molar refractivity (Wildman–Crippen MR) is 234 cm³/mol. The van der Waals surface area contributed by atoms with Crippen LogP contribution in [0.4, 0.5) is 0 Å². The van der Waals surface area contributed by atoms with Crippen LogP contribution in [0.3, 0.4) is 0 Å². The molecule has 3 heterocycles. The van der Waals surface area contributed by atoms with E-state index in [-0.39, 0.29) is 70.0 Å². The second-order valence-electron chi connectivity index (χ2n) is 16.5. The number of aromatic amines is 1. The Labute approximate surface area is 361 Å². The highest BCUT2D eigenvalue weighted by Crippen LogP contribution is 2.22. The van der Waals surface area contributed by atoms with E-state index in [9.17, 15) is 33.6 Å². The van der Waals surface area contributed by atoms with Gasteiger partial charge in [0.1, 0.15) is 36.3 Å². The van der Waals surface area contributed by atoms with Crippen molar-refractivity contribution in [3.8, 4) is 0 Å². The van der Waals surface area contributed by atoms with Crippen LogP contribution in [0.5, 0.6) is 0 Å². The number of benzene rings is 2. The van der Waals surface area contributed by atoms with Crippen molar-refractivity contribution >= 4 is 58.2 Å². The van der Waals surface area contributed by atoms with Gasteiger partial charge in [0, 0.05) is 56.5 Å². The van der Waals surface area contributed by atoms with Gasteiger partial charge in [-0.15, -0.1) is 0 Å². The molecule has 62 heavy (non-hydrogen) atoms. The van der Waals surface area contributed by atoms with E-state index in [1.807, 2.05) is 68.4 Å². The SMILES string of the molecule is CC(=O)N[C@@H](Cc1ccccc1)C(=O)N[C@H]1CCCNC(=O)[C@H](CCCN=C(N)N)NC(=O)[C@H](Cc2c[nH]c3ccccc23)NC(=O)[C@@H](CC(C)C)NC(=O)[C@@H]2CCCN2C1=O. The number of fused-ring (bicyclic) bond motifs is 2. The number of rotatable bonds is 13. The number of nitrogens with two attached hydrogens (primary N) is 2. The maximum Gasteiger partial charge on any atom is 0.245 e. The van der Waals surface area contributed by atoms with Crippen LogP contribution in [0.1, 0.15) is 76.8 Å². The first kappa shape index (κ1) is 46.6. The third-order valence-corrected chi connectivity index (χ3v) is 11.0. The van der Waals surface area contributed by atoms with E-state index in [1.165, 1.54) is 11.8 Å². The van der Waals surface area contributed by atoms with E-state index in [4.69, 9.17) is 11.5 Å². The smallest absolute Gasteiger partial charge is 0.245 e. The van der Waals surface area contributed by atoms with Crippen molar-refractivity contribution in [1.82, 2.24) is 41.8 Å². The van der Waals surface area contributed by atoms with E-state index in [0.717, 1.165) is 22.0 Å². The summed E-state index contributed by atoms with van der Waals surface area (Å²) < 4.78 is 0. The van der Waals surface area contributed by atoms with Crippen LogP contribution in [0.25, 0.3) is 10.9 Å². The van der Waals surface area contributed by atoms with E-state index >= 15 is 0 Å². The number of nitrogens with zero attached hydrogens (tertiary/aromatic N) is 2. The number of hydrogen-bond acceptors (Lipinski definition) is 8. The summed E-state index contributed by atoms with van der Waals surface area (Å²) in [5.74, 6) is -3.96. The van der Waals surface area contributed by atoms with Crippen LogP contribution in [0, 0.1) is 5.92 Å². The first-order valence-electron chi connectivity index (χ1n) is 21.4. The molecule has 6 atom stereocenters. The lowest BCUT2D eigenvalue weighted by Gasteiger charge is -2.31. The molecule has 0 radical (unpaired) electrons. The highest BCUT2D eigenvalue weighted by molar-refractivity contribution is 5.98. The number of aliphatic imine (C=N–C) groups is 1. The molecule has 3 aromatic rings. The first-order chi connectivity index (χ1) is 29.7. The fourth-order valence-corrected chi connectivity index (χ4v) is 8.00. The van der Waals surface area contributed by atoms with Crippen molar-refractivity contribution in [3.05, 3.63) is 71.9 Å². The lowest BCUT2D eigenvalue weighted by atomic mass is 9.99. The monoisotopic (exact) mass is 855 g/mol. The summed E-state index contributed by atoms with van der Waals surface area (Å²) in [5.41, 5.74) is 13.4. The van der Waals surface area contributed by atoms with Crippen LogP contribution in [-0.4, -0.2) is 113 Å². The second kappa shape index (κ2) is 22.4. The van der Waals surface area contributed by atoms with Gasteiger partial charge in [-0.1, -0.05) is 62.4 Å². The quantitative estimate of drug-likeness (QED) is 0.0653. The van der Waals surface area contributed by atoms with E-state index in [0.29, 0.717) is 19.3 Å².